The third-order valence-electron chi connectivity index (χ3n) is 7.90. The van der Waals surface area contributed by atoms with Gasteiger partial charge in [-0.3, -0.25) is 4.79 Å². The third-order valence-corrected chi connectivity index (χ3v) is 7.90. The summed E-state index contributed by atoms with van der Waals surface area (Å²) in [6.07, 6.45) is 38.4. The lowest BCUT2D eigenvalue weighted by atomic mass is 10.0. The van der Waals surface area contributed by atoms with Gasteiger partial charge in [0.05, 0.1) is 31.3 Å². The molecule has 0 aliphatic heterocycles. The van der Waals surface area contributed by atoms with Crippen molar-refractivity contribution in [2.24, 2.45) is 0 Å². The highest BCUT2D eigenvalue weighted by atomic mass is 16.3. The fourth-order valence-corrected chi connectivity index (χ4v) is 5.11. The van der Waals surface area contributed by atoms with Crippen LogP contribution in [0.5, 0.6) is 0 Å². The molecule has 0 aliphatic carbocycles. The minimum atomic E-state index is -0.950. The van der Waals surface area contributed by atoms with Gasteiger partial charge < -0.3 is 20.6 Å². The second-order valence-corrected chi connectivity index (χ2v) is 12.1. The Morgan fingerprint density at radius 1 is 0.595 bits per heavy atom. The number of aliphatic hydroxyl groups excluding tert-OH is 3. The van der Waals surface area contributed by atoms with Crippen molar-refractivity contribution in [2.45, 2.75) is 186 Å². The SMILES string of the molecule is CCCCCCCC/C=C\CCCCCCCC(O)CC(=O)NC(CO)C(O)/C=C/CC/C=C/CCCCCCCC. The van der Waals surface area contributed by atoms with Crippen molar-refractivity contribution in [1.29, 1.82) is 0 Å². The number of carbonyl (C=O) groups is 1. The summed E-state index contributed by atoms with van der Waals surface area (Å²) >= 11 is 0. The van der Waals surface area contributed by atoms with Gasteiger partial charge in [0.15, 0.2) is 0 Å². The smallest absolute Gasteiger partial charge is 0.222 e. The molecule has 5 heteroatoms. The van der Waals surface area contributed by atoms with E-state index >= 15 is 0 Å². The maximum absolute atomic E-state index is 12.3. The normalized spacial score (nSPS) is 14.3. The predicted molar refractivity (Wildman–Crippen MR) is 181 cm³/mol. The van der Waals surface area contributed by atoms with E-state index in [0.29, 0.717) is 6.42 Å². The minimum absolute atomic E-state index is 0.000266. The van der Waals surface area contributed by atoms with Crippen molar-refractivity contribution in [1.82, 2.24) is 5.32 Å². The van der Waals surface area contributed by atoms with E-state index in [2.05, 4.69) is 43.5 Å². The van der Waals surface area contributed by atoms with Gasteiger partial charge in [0.1, 0.15) is 0 Å². The van der Waals surface area contributed by atoms with Crippen molar-refractivity contribution in [3.8, 4) is 0 Å². The Bertz CT molecular complexity index is 660. The molecule has 246 valence electrons. The molecule has 42 heavy (non-hydrogen) atoms. The molecule has 0 aromatic rings. The fraction of sp³-hybridized carbons (Fsp3) is 0.811. The zero-order chi connectivity index (χ0) is 30.9. The molecule has 3 unspecified atom stereocenters. The first-order valence-electron chi connectivity index (χ1n) is 17.8. The number of rotatable bonds is 31. The Labute approximate surface area is 260 Å². The third kappa shape index (κ3) is 28.7. The maximum Gasteiger partial charge on any atom is 0.222 e. The van der Waals surface area contributed by atoms with E-state index in [4.69, 9.17) is 0 Å². The van der Waals surface area contributed by atoms with Gasteiger partial charge in [-0.05, 0) is 57.8 Å². The van der Waals surface area contributed by atoms with Crippen LogP contribution in [0.1, 0.15) is 168 Å². The highest BCUT2D eigenvalue weighted by molar-refractivity contribution is 5.76. The second-order valence-electron chi connectivity index (χ2n) is 12.1. The van der Waals surface area contributed by atoms with Crippen LogP contribution in [0.4, 0.5) is 0 Å². The molecule has 0 bridgehead atoms. The van der Waals surface area contributed by atoms with Crippen molar-refractivity contribution in [3.05, 3.63) is 36.5 Å². The zero-order valence-corrected chi connectivity index (χ0v) is 27.6. The summed E-state index contributed by atoms with van der Waals surface area (Å²) in [4.78, 5) is 12.3. The molecule has 0 rings (SSSR count). The van der Waals surface area contributed by atoms with Crippen molar-refractivity contribution < 1.29 is 20.1 Å². The lowest BCUT2D eigenvalue weighted by molar-refractivity contribution is -0.124. The van der Waals surface area contributed by atoms with E-state index in [-0.39, 0.29) is 18.9 Å². The van der Waals surface area contributed by atoms with Gasteiger partial charge in [0.2, 0.25) is 5.91 Å². The van der Waals surface area contributed by atoms with Gasteiger partial charge in [-0.1, -0.05) is 140 Å². The summed E-state index contributed by atoms with van der Waals surface area (Å²) in [7, 11) is 0. The monoisotopic (exact) mass is 592 g/mol. The lowest BCUT2D eigenvalue weighted by Crippen LogP contribution is -2.45. The molecule has 0 radical (unpaired) electrons. The van der Waals surface area contributed by atoms with Gasteiger partial charge >= 0.3 is 0 Å². The quantitative estimate of drug-likeness (QED) is 0.0478. The number of carbonyl (C=O) groups excluding carboxylic acids is 1. The molecular formula is C37H69NO4. The molecule has 0 fully saturated rings. The zero-order valence-electron chi connectivity index (χ0n) is 27.6. The van der Waals surface area contributed by atoms with Crippen LogP contribution in [-0.4, -0.2) is 46.1 Å². The van der Waals surface area contributed by atoms with Gasteiger partial charge in [-0.15, -0.1) is 0 Å². The van der Waals surface area contributed by atoms with Crippen molar-refractivity contribution >= 4 is 5.91 Å². The molecule has 1 amide bonds. The molecule has 0 aliphatic rings. The van der Waals surface area contributed by atoms with E-state index < -0.39 is 18.2 Å². The molecule has 0 spiro atoms. The Balaban J connectivity index is 3.81. The topological polar surface area (TPSA) is 89.8 Å². The summed E-state index contributed by atoms with van der Waals surface area (Å²) in [6.45, 7) is 4.15. The molecule has 0 saturated heterocycles. The first kappa shape index (κ1) is 40.6. The fourth-order valence-electron chi connectivity index (χ4n) is 5.11. The van der Waals surface area contributed by atoms with Crippen LogP contribution in [0.15, 0.2) is 36.5 Å². The average Bonchev–Trinajstić information content (AvgIpc) is 2.98. The molecule has 0 aromatic heterocycles. The summed E-state index contributed by atoms with van der Waals surface area (Å²) in [5, 5.41) is 32.9. The van der Waals surface area contributed by atoms with Crippen LogP contribution in [0.3, 0.4) is 0 Å². The van der Waals surface area contributed by atoms with Crippen LogP contribution < -0.4 is 5.32 Å². The summed E-state index contributed by atoms with van der Waals surface area (Å²) < 4.78 is 0. The second kappa shape index (κ2) is 32.5. The Morgan fingerprint density at radius 3 is 1.52 bits per heavy atom. The van der Waals surface area contributed by atoms with E-state index in [0.717, 1.165) is 44.9 Å². The van der Waals surface area contributed by atoms with Crippen LogP contribution >= 0.6 is 0 Å². The first-order valence-corrected chi connectivity index (χ1v) is 17.8. The Hall–Kier alpha value is -1.43. The van der Waals surface area contributed by atoms with Crippen LogP contribution in [-0.2, 0) is 4.79 Å². The summed E-state index contributed by atoms with van der Waals surface area (Å²) in [6, 6.07) is -0.760. The largest absolute Gasteiger partial charge is 0.394 e. The van der Waals surface area contributed by atoms with E-state index in [9.17, 15) is 20.1 Å². The van der Waals surface area contributed by atoms with E-state index in [1.54, 1.807) is 6.08 Å². The Kier molecular flexibility index (Phi) is 31.4. The molecule has 0 saturated carbocycles. The van der Waals surface area contributed by atoms with Gasteiger partial charge in [-0.25, -0.2) is 0 Å². The molecule has 4 N–H and O–H groups in total. The average molecular weight is 592 g/mol. The standard InChI is InChI=1S/C37H69NO4/c1-3-5-7-9-11-13-15-17-18-19-20-22-24-26-28-30-34(40)32-37(42)38-35(33-39)36(41)31-29-27-25-23-21-16-14-12-10-8-6-4-2/h17-18,21,23,29,31,34-36,39-41H,3-16,19-20,22,24-28,30,32-33H2,1-2H3,(H,38,42)/b18-17-,23-21+,31-29+. The number of unbranched alkanes of at least 4 members (excludes halogenated alkanes) is 18. The number of nitrogens with one attached hydrogen (secondary N) is 1. The molecular weight excluding hydrogens is 522 g/mol. The lowest BCUT2D eigenvalue weighted by Gasteiger charge is -2.20. The molecule has 5 nitrogen and oxygen atoms in total. The number of aliphatic hydroxyl groups is 3. The van der Waals surface area contributed by atoms with Crippen LogP contribution in [0, 0.1) is 0 Å². The highest BCUT2D eigenvalue weighted by Gasteiger charge is 2.20. The van der Waals surface area contributed by atoms with Gasteiger partial charge in [0.25, 0.3) is 0 Å². The van der Waals surface area contributed by atoms with Gasteiger partial charge in [-0.2, -0.15) is 0 Å². The predicted octanol–water partition coefficient (Wildman–Crippen LogP) is 9.26. The summed E-state index contributed by atoms with van der Waals surface area (Å²) in [5.74, 6) is -0.334. The van der Waals surface area contributed by atoms with Crippen molar-refractivity contribution in [2.75, 3.05) is 6.61 Å². The van der Waals surface area contributed by atoms with Crippen molar-refractivity contribution in [3.63, 3.8) is 0 Å². The molecule has 0 heterocycles. The highest BCUT2D eigenvalue weighted by Crippen LogP contribution is 2.12. The number of amides is 1. The van der Waals surface area contributed by atoms with E-state index in [1.165, 1.54) is 96.3 Å². The van der Waals surface area contributed by atoms with Gasteiger partial charge in [0, 0.05) is 0 Å². The number of hydrogen-bond donors (Lipinski definition) is 4. The molecule has 3 atom stereocenters. The maximum atomic E-state index is 12.3. The first-order chi connectivity index (χ1) is 20.5. The molecule has 0 aromatic carbocycles. The van der Waals surface area contributed by atoms with E-state index in [1.807, 2.05) is 6.08 Å². The Morgan fingerprint density at radius 2 is 1.02 bits per heavy atom. The summed E-state index contributed by atoms with van der Waals surface area (Å²) in [5.41, 5.74) is 0. The number of hydrogen-bond acceptors (Lipinski definition) is 4. The van der Waals surface area contributed by atoms with Crippen LogP contribution in [0.25, 0.3) is 0 Å². The number of allylic oxidation sites excluding steroid dienone is 5. The minimum Gasteiger partial charge on any atom is -0.394 e. The van der Waals surface area contributed by atoms with Crippen LogP contribution in [0.2, 0.25) is 0 Å².